The standard InChI is InChI=1S/C12H18N2O3/c1-13(2)7-3-4-8-14-9-10(12(16)17)5-6-11(14)15/h5-6,9H,3-4,7-8H2,1-2H3,(H,16,17). The minimum atomic E-state index is -1.01. The summed E-state index contributed by atoms with van der Waals surface area (Å²) in [4.78, 5) is 24.3. The number of carboxylic acids is 1. The van der Waals surface area contributed by atoms with Gasteiger partial charge in [0.05, 0.1) is 5.56 Å². The van der Waals surface area contributed by atoms with Gasteiger partial charge >= 0.3 is 5.97 Å². The van der Waals surface area contributed by atoms with Crippen molar-refractivity contribution in [1.29, 1.82) is 0 Å². The number of aromatic carboxylic acids is 1. The SMILES string of the molecule is CN(C)CCCCn1cc(C(=O)O)ccc1=O. The molecule has 1 heterocycles. The van der Waals surface area contributed by atoms with E-state index in [-0.39, 0.29) is 11.1 Å². The van der Waals surface area contributed by atoms with Gasteiger partial charge in [-0.1, -0.05) is 0 Å². The molecule has 5 heteroatoms. The molecule has 0 aliphatic rings. The van der Waals surface area contributed by atoms with Gasteiger partial charge < -0.3 is 14.6 Å². The van der Waals surface area contributed by atoms with E-state index < -0.39 is 5.97 Å². The van der Waals surface area contributed by atoms with Crippen LogP contribution in [0.4, 0.5) is 0 Å². The van der Waals surface area contributed by atoms with E-state index in [0.717, 1.165) is 19.4 Å². The quantitative estimate of drug-likeness (QED) is 0.748. The summed E-state index contributed by atoms with van der Waals surface area (Å²) in [6, 6.07) is 2.64. The Bertz CT molecular complexity index is 438. The smallest absolute Gasteiger partial charge is 0.337 e. The number of nitrogens with zero attached hydrogens (tertiary/aromatic N) is 2. The van der Waals surface area contributed by atoms with E-state index in [4.69, 9.17) is 5.11 Å². The molecule has 1 N–H and O–H groups in total. The van der Waals surface area contributed by atoms with Gasteiger partial charge in [0.25, 0.3) is 5.56 Å². The molecule has 1 aromatic heterocycles. The Balaban J connectivity index is 2.61. The molecule has 1 aromatic rings. The van der Waals surface area contributed by atoms with Gasteiger partial charge in [-0.2, -0.15) is 0 Å². The summed E-state index contributed by atoms with van der Waals surface area (Å²) in [5, 5.41) is 8.82. The molecule has 0 unspecified atom stereocenters. The Morgan fingerprint density at radius 1 is 1.35 bits per heavy atom. The lowest BCUT2D eigenvalue weighted by atomic mass is 10.2. The fourth-order valence-corrected chi connectivity index (χ4v) is 1.54. The molecule has 0 aromatic carbocycles. The number of carboxylic acid groups (broad SMARTS) is 1. The van der Waals surface area contributed by atoms with E-state index in [1.54, 1.807) is 0 Å². The summed E-state index contributed by atoms with van der Waals surface area (Å²) in [6.45, 7) is 1.53. The third-order valence-corrected chi connectivity index (χ3v) is 2.48. The molecule has 0 aliphatic heterocycles. The first-order chi connectivity index (χ1) is 8.00. The predicted molar refractivity (Wildman–Crippen MR) is 65.4 cm³/mol. The van der Waals surface area contributed by atoms with E-state index in [2.05, 4.69) is 4.90 Å². The minimum absolute atomic E-state index is 0.150. The lowest BCUT2D eigenvalue weighted by molar-refractivity contribution is 0.0696. The number of hydrogen-bond donors (Lipinski definition) is 1. The zero-order valence-corrected chi connectivity index (χ0v) is 10.2. The van der Waals surface area contributed by atoms with Crippen molar-refractivity contribution in [2.75, 3.05) is 20.6 Å². The van der Waals surface area contributed by atoms with Crippen LogP contribution in [0.1, 0.15) is 23.2 Å². The molecule has 0 saturated heterocycles. The second-order valence-electron chi connectivity index (χ2n) is 4.26. The zero-order chi connectivity index (χ0) is 12.8. The van der Waals surface area contributed by atoms with Crippen molar-refractivity contribution in [3.63, 3.8) is 0 Å². The molecular weight excluding hydrogens is 220 g/mol. The summed E-state index contributed by atoms with van der Waals surface area (Å²) in [6.07, 6.45) is 3.25. The number of pyridine rings is 1. The monoisotopic (exact) mass is 238 g/mol. The minimum Gasteiger partial charge on any atom is -0.478 e. The number of carbonyl (C=O) groups is 1. The number of rotatable bonds is 6. The second-order valence-corrected chi connectivity index (χ2v) is 4.26. The predicted octanol–water partition coefficient (Wildman–Crippen LogP) is 0.888. The van der Waals surface area contributed by atoms with Crippen LogP contribution in [-0.2, 0) is 6.54 Å². The van der Waals surface area contributed by atoms with Crippen molar-refractivity contribution in [3.05, 3.63) is 34.2 Å². The lowest BCUT2D eigenvalue weighted by Crippen LogP contribution is -2.21. The van der Waals surface area contributed by atoms with Gasteiger partial charge in [-0.15, -0.1) is 0 Å². The summed E-state index contributed by atoms with van der Waals surface area (Å²) >= 11 is 0. The third-order valence-electron chi connectivity index (χ3n) is 2.48. The first kappa shape index (κ1) is 13.4. The van der Waals surface area contributed by atoms with E-state index in [9.17, 15) is 9.59 Å². The number of aryl methyl sites for hydroxylation is 1. The Hall–Kier alpha value is -1.62. The van der Waals surface area contributed by atoms with Crippen LogP contribution in [0, 0.1) is 0 Å². The van der Waals surface area contributed by atoms with Crippen LogP contribution < -0.4 is 5.56 Å². The van der Waals surface area contributed by atoms with Gasteiger partial charge in [0.2, 0.25) is 0 Å². The maximum absolute atomic E-state index is 11.5. The number of hydrogen-bond acceptors (Lipinski definition) is 3. The first-order valence-corrected chi connectivity index (χ1v) is 5.59. The molecule has 0 aliphatic carbocycles. The summed E-state index contributed by atoms with van der Waals surface area (Å²) in [7, 11) is 3.99. The van der Waals surface area contributed by atoms with Crippen molar-refractivity contribution in [1.82, 2.24) is 9.47 Å². The zero-order valence-electron chi connectivity index (χ0n) is 10.2. The number of unbranched alkanes of at least 4 members (excludes halogenated alkanes) is 1. The van der Waals surface area contributed by atoms with Crippen molar-refractivity contribution in [2.45, 2.75) is 19.4 Å². The highest BCUT2D eigenvalue weighted by Gasteiger charge is 2.04. The van der Waals surface area contributed by atoms with Crippen LogP contribution in [0.15, 0.2) is 23.1 Å². The van der Waals surface area contributed by atoms with Crippen LogP contribution >= 0.6 is 0 Å². The first-order valence-electron chi connectivity index (χ1n) is 5.59. The van der Waals surface area contributed by atoms with Gasteiger partial charge in [-0.25, -0.2) is 4.79 Å². The molecule has 0 atom stereocenters. The molecule has 17 heavy (non-hydrogen) atoms. The van der Waals surface area contributed by atoms with Crippen LogP contribution in [-0.4, -0.2) is 41.2 Å². The molecule has 0 radical (unpaired) electrons. The maximum Gasteiger partial charge on any atom is 0.337 e. The highest BCUT2D eigenvalue weighted by Crippen LogP contribution is 1.99. The maximum atomic E-state index is 11.5. The Labute approximate surface area is 100 Å². The van der Waals surface area contributed by atoms with E-state index in [1.165, 1.54) is 22.9 Å². The summed E-state index contributed by atoms with van der Waals surface area (Å²) in [5.74, 6) is -1.01. The van der Waals surface area contributed by atoms with Crippen molar-refractivity contribution in [2.24, 2.45) is 0 Å². The molecule has 5 nitrogen and oxygen atoms in total. The Kier molecular flexibility index (Phi) is 4.90. The average Bonchev–Trinajstić information content (AvgIpc) is 2.25. The highest BCUT2D eigenvalue weighted by atomic mass is 16.4. The Morgan fingerprint density at radius 2 is 2.06 bits per heavy atom. The van der Waals surface area contributed by atoms with Crippen molar-refractivity contribution >= 4 is 5.97 Å². The third kappa shape index (κ3) is 4.40. The van der Waals surface area contributed by atoms with Gasteiger partial charge in [0, 0.05) is 18.8 Å². The Morgan fingerprint density at radius 3 is 2.65 bits per heavy atom. The molecule has 0 spiro atoms. The van der Waals surface area contributed by atoms with Crippen LogP contribution in [0.5, 0.6) is 0 Å². The van der Waals surface area contributed by atoms with Crippen LogP contribution in [0.25, 0.3) is 0 Å². The summed E-state index contributed by atoms with van der Waals surface area (Å²) < 4.78 is 1.46. The highest BCUT2D eigenvalue weighted by molar-refractivity contribution is 5.87. The van der Waals surface area contributed by atoms with Gasteiger partial charge in [0.15, 0.2) is 0 Å². The second kappa shape index (κ2) is 6.20. The van der Waals surface area contributed by atoms with Gasteiger partial charge in [0.1, 0.15) is 0 Å². The van der Waals surface area contributed by atoms with Crippen molar-refractivity contribution in [3.8, 4) is 0 Å². The molecular formula is C12H18N2O3. The molecule has 0 saturated carbocycles. The van der Waals surface area contributed by atoms with Crippen molar-refractivity contribution < 1.29 is 9.90 Å². The topological polar surface area (TPSA) is 62.5 Å². The fourth-order valence-electron chi connectivity index (χ4n) is 1.54. The van der Waals surface area contributed by atoms with E-state index in [0.29, 0.717) is 6.54 Å². The van der Waals surface area contributed by atoms with E-state index >= 15 is 0 Å². The molecule has 94 valence electrons. The van der Waals surface area contributed by atoms with Gasteiger partial charge in [-0.05, 0) is 39.5 Å². The molecule has 1 rings (SSSR count). The molecule has 0 fully saturated rings. The largest absolute Gasteiger partial charge is 0.478 e. The van der Waals surface area contributed by atoms with Crippen LogP contribution in [0.3, 0.4) is 0 Å². The molecule has 0 bridgehead atoms. The normalized spacial score (nSPS) is 10.8. The molecule has 0 amide bonds. The summed E-state index contributed by atoms with van der Waals surface area (Å²) in [5.41, 5.74) is -0.00272. The fraction of sp³-hybridized carbons (Fsp3) is 0.500. The van der Waals surface area contributed by atoms with Gasteiger partial charge in [-0.3, -0.25) is 4.79 Å². The van der Waals surface area contributed by atoms with E-state index in [1.807, 2.05) is 14.1 Å². The van der Waals surface area contributed by atoms with Crippen LogP contribution in [0.2, 0.25) is 0 Å². The average molecular weight is 238 g/mol. The lowest BCUT2D eigenvalue weighted by Gasteiger charge is -2.10. The number of aromatic nitrogens is 1.